The Hall–Kier alpha value is -1.36. The van der Waals surface area contributed by atoms with Crippen molar-refractivity contribution in [1.82, 2.24) is 20.4 Å². The summed E-state index contributed by atoms with van der Waals surface area (Å²) in [5.74, 6) is 0.754. The van der Waals surface area contributed by atoms with Gasteiger partial charge in [-0.15, -0.1) is 0 Å². The van der Waals surface area contributed by atoms with Crippen molar-refractivity contribution in [3.8, 4) is 0 Å². The Kier molecular flexibility index (Phi) is 3.55. The van der Waals surface area contributed by atoms with E-state index in [1.54, 1.807) is 6.20 Å². The number of aryl methyl sites for hydroxylation is 1. The van der Waals surface area contributed by atoms with Gasteiger partial charge in [0.15, 0.2) is 0 Å². The molecule has 19 heavy (non-hydrogen) atoms. The highest BCUT2D eigenvalue weighted by molar-refractivity contribution is 5.95. The molecule has 2 aliphatic rings. The smallest absolute Gasteiger partial charge is 0.257 e. The maximum Gasteiger partial charge on any atom is 0.257 e. The van der Waals surface area contributed by atoms with Gasteiger partial charge < -0.3 is 10.2 Å². The number of rotatable bonds is 4. The molecule has 2 heterocycles. The van der Waals surface area contributed by atoms with Gasteiger partial charge in [-0.05, 0) is 51.6 Å². The zero-order valence-electron chi connectivity index (χ0n) is 11.5. The van der Waals surface area contributed by atoms with Crippen molar-refractivity contribution in [2.75, 3.05) is 19.6 Å². The molecule has 3 rings (SSSR count). The van der Waals surface area contributed by atoms with Crippen molar-refractivity contribution < 1.29 is 4.79 Å². The number of H-pyrrole nitrogens is 1. The first kappa shape index (κ1) is 12.7. The molecule has 1 unspecified atom stereocenters. The molecule has 0 aromatic carbocycles. The molecule has 1 aliphatic carbocycles. The minimum absolute atomic E-state index is 0.152. The lowest BCUT2D eigenvalue weighted by molar-refractivity contribution is 0.0703. The van der Waals surface area contributed by atoms with E-state index in [1.165, 1.54) is 12.8 Å². The van der Waals surface area contributed by atoms with Crippen LogP contribution in [0.15, 0.2) is 6.20 Å². The van der Waals surface area contributed by atoms with Crippen LogP contribution in [0.1, 0.15) is 41.7 Å². The third kappa shape index (κ3) is 2.81. The van der Waals surface area contributed by atoms with Crippen LogP contribution in [0.3, 0.4) is 0 Å². The average Bonchev–Trinajstić information content (AvgIpc) is 3.18. The van der Waals surface area contributed by atoms with Crippen LogP contribution >= 0.6 is 0 Å². The van der Waals surface area contributed by atoms with Crippen molar-refractivity contribution in [2.24, 2.45) is 5.92 Å². The van der Waals surface area contributed by atoms with Gasteiger partial charge in [0.25, 0.3) is 5.91 Å². The summed E-state index contributed by atoms with van der Waals surface area (Å²) in [6, 6.07) is 0.462. The Bertz CT molecular complexity index is 446. The number of aromatic nitrogens is 2. The highest BCUT2D eigenvalue weighted by Crippen LogP contribution is 2.30. The van der Waals surface area contributed by atoms with Crippen LogP contribution in [0.4, 0.5) is 0 Å². The zero-order chi connectivity index (χ0) is 13.2. The predicted molar refractivity (Wildman–Crippen MR) is 73.0 cm³/mol. The largest absolute Gasteiger partial charge is 0.335 e. The number of carbonyl (C=O) groups excluding carboxylic acids is 1. The van der Waals surface area contributed by atoms with Crippen molar-refractivity contribution in [2.45, 2.75) is 38.6 Å². The van der Waals surface area contributed by atoms with Gasteiger partial charge >= 0.3 is 0 Å². The van der Waals surface area contributed by atoms with Gasteiger partial charge in [-0.1, -0.05) is 0 Å². The molecule has 2 fully saturated rings. The quantitative estimate of drug-likeness (QED) is 0.860. The molecule has 1 atom stereocenters. The summed E-state index contributed by atoms with van der Waals surface area (Å²) in [7, 11) is 0. The van der Waals surface area contributed by atoms with Crippen LogP contribution in [-0.2, 0) is 0 Å². The number of hydrogen-bond donors (Lipinski definition) is 2. The topological polar surface area (TPSA) is 61.0 Å². The average molecular weight is 262 g/mol. The van der Waals surface area contributed by atoms with Crippen LogP contribution in [0.25, 0.3) is 0 Å². The summed E-state index contributed by atoms with van der Waals surface area (Å²) in [6.45, 7) is 4.96. The molecular weight excluding hydrogens is 240 g/mol. The Labute approximate surface area is 113 Å². The van der Waals surface area contributed by atoms with Gasteiger partial charge in [0.2, 0.25) is 0 Å². The fraction of sp³-hybridized carbons (Fsp3) is 0.714. The molecule has 1 aromatic heterocycles. The second-order valence-corrected chi connectivity index (χ2v) is 5.81. The van der Waals surface area contributed by atoms with Gasteiger partial charge in [-0.25, -0.2) is 0 Å². The second kappa shape index (κ2) is 5.33. The monoisotopic (exact) mass is 262 g/mol. The molecule has 104 valence electrons. The molecule has 5 nitrogen and oxygen atoms in total. The fourth-order valence-corrected chi connectivity index (χ4v) is 2.86. The SMILES string of the molecule is Cc1[nH]ncc1C(=O)N(CC1CCCNC1)C1CC1. The summed E-state index contributed by atoms with van der Waals surface area (Å²) in [4.78, 5) is 14.7. The Morgan fingerprint density at radius 1 is 1.47 bits per heavy atom. The maximum absolute atomic E-state index is 12.6. The van der Waals surface area contributed by atoms with E-state index in [0.717, 1.165) is 43.7 Å². The highest BCUT2D eigenvalue weighted by Gasteiger charge is 2.35. The van der Waals surface area contributed by atoms with Gasteiger partial charge in [-0.3, -0.25) is 9.89 Å². The van der Waals surface area contributed by atoms with Crippen LogP contribution in [0, 0.1) is 12.8 Å². The first-order chi connectivity index (χ1) is 9.25. The molecule has 1 amide bonds. The third-order valence-electron chi connectivity index (χ3n) is 4.16. The Morgan fingerprint density at radius 3 is 2.89 bits per heavy atom. The minimum Gasteiger partial charge on any atom is -0.335 e. The van der Waals surface area contributed by atoms with E-state index >= 15 is 0 Å². The van der Waals surface area contributed by atoms with Gasteiger partial charge in [0.05, 0.1) is 11.8 Å². The molecule has 0 bridgehead atoms. The van der Waals surface area contributed by atoms with Gasteiger partial charge in [0, 0.05) is 18.3 Å². The lowest BCUT2D eigenvalue weighted by atomic mass is 9.98. The maximum atomic E-state index is 12.6. The number of aromatic amines is 1. The van der Waals surface area contributed by atoms with E-state index in [4.69, 9.17) is 0 Å². The number of nitrogens with zero attached hydrogens (tertiary/aromatic N) is 2. The normalized spacial score (nSPS) is 23.3. The molecule has 1 aromatic rings. The lowest BCUT2D eigenvalue weighted by Crippen LogP contribution is -2.42. The van der Waals surface area contributed by atoms with Crippen LogP contribution in [0.5, 0.6) is 0 Å². The number of nitrogens with one attached hydrogen (secondary N) is 2. The third-order valence-corrected chi connectivity index (χ3v) is 4.16. The Balaban J connectivity index is 1.70. The number of hydrogen-bond acceptors (Lipinski definition) is 3. The number of piperidine rings is 1. The number of carbonyl (C=O) groups is 1. The van der Waals surface area contributed by atoms with E-state index in [-0.39, 0.29) is 5.91 Å². The first-order valence-corrected chi connectivity index (χ1v) is 7.27. The van der Waals surface area contributed by atoms with E-state index in [0.29, 0.717) is 12.0 Å². The highest BCUT2D eigenvalue weighted by atomic mass is 16.2. The summed E-state index contributed by atoms with van der Waals surface area (Å²) >= 11 is 0. The fourth-order valence-electron chi connectivity index (χ4n) is 2.86. The van der Waals surface area contributed by atoms with Crippen molar-refractivity contribution >= 4 is 5.91 Å². The lowest BCUT2D eigenvalue weighted by Gasteiger charge is -2.30. The molecule has 1 saturated carbocycles. The summed E-state index contributed by atoms with van der Waals surface area (Å²) < 4.78 is 0. The van der Waals surface area contributed by atoms with Gasteiger partial charge in [0.1, 0.15) is 0 Å². The molecule has 0 radical (unpaired) electrons. The van der Waals surface area contributed by atoms with E-state index in [1.807, 2.05) is 6.92 Å². The number of amides is 1. The molecule has 2 N–H and O–H groups in total. The van der Waals surface area contributed by atoms with Crippen LogP contribution in [0.2, 0.25) is 0 Å². The van der Waals surface area contributed by atoms with Crippen molar-refractivity contribution in [1.29, 1.82) is 0 Å². The standard InChI is InChI=1S/C14H22N4O/c1-10-13(8-16-17-10)14(19)18(12-4-5-12)9-11-3-2-6-15-7-11/h8,11-12,15H,2-7,9H2,1H3,(H,16,17). The molecule has 1 saturated heterocycles. The summed E-state index contributed by atoms with van der Waals surface area (Å²) in [5, 5.41) is 10.3. The minimum atomic E-state index is 0.152. The van der Waals surface area contributed by atoms with Crippen LogP contribution in [-0.4, -0.2) is 46.7 Å². The molecule has 1 aliphatic heterocycles. The molecule has 0 spiro atoms. The Morgan fingerprint density at radius 2 is 2.32 bits per heavy atom. The second-order valence-electron chi connectivity index (χ2n) is 5.81. The van der Waals surface area contributed by atoms with Crippen LogP contribution < -0.4 is 5.32 Å². The zero-order valence-corrected chi connectivity index (χ0v) is 11.5. The van der Waals surface area contributed by atoms with Crippen molar-refractivity contribution in [3.63, 3.8) is 0 Å². The molecule has 5 heteroatoms. The predicted octanol–water partition coefficient (Wildman–Crippen LogP) is 1.32. The van der Waals surface area contributed by atoms with E-state index in [2.05, 4.69) is 20.4 Å². The molecular formula is C14H22N4O. The van der Waals surface area contributed by atoms with E-state index in [9.17, 15) is 4.79 Å². The van der Waals surface area contributed by atoms with Crippen molar-refractivity contribution in [3.05, 3.63) is 17.5 Å². The van der Waals surface area contributed by atoms with Gasteiger partial charge in [-0.2, -0.15) is 5.10 Å². The summed E-state index contributed by atoms with van der Waals surface area (Å²) in [5.41, 5.74) is 1.60. The van der Waals surface area contributed by atoms with E-state index < -0.39 is 0 Å². The first-order valence-electron chi connectivity index (χ1n) is 7.27. The summed E-state index contributed by atoms with van der Waals surface area (Å²) in [6.07, 6.45) is 6.42.